The monoisotopic (exact) mass is 318 g/mol. The fraction of sp³-hybridized carbons (Fsp3) is 0.438. The lowest BCUT2D eigenvalue weighted by Gasteiger charge is -2.28. The molecule has 0 aromatic heterocycles. The van der Waals surface area contributed by atoms with Crippen LogP contribution in [0.15, 0.2) is 24.3 Å². The number of aliphatic carboxylic acids is 1. The summed E-state index contributed by atoms with van der Waals surface area (Å²) in [5.74, 6) is -1.38. The summed E-state index contributed by atoms with van der Waals surface area (Å²) in [6.45, 7) is 0.662. The van der Waals surface area contributed by atoms with Crippen molar-refractivity contribution in [3.8, 4) is 11.8 Å². The number of carboxylic acid groups (broad SMARTS) is 1. The van der Waals surface area contributed by atoms with Crippen molar-refractivity contribution in [1.82, 2.24) is 5.32 Å². The van der Waals surface area contributed by atoms with Gasteiger partial charge in [-0.25, -0.2) is 4.79 Å². The van der Waals surface area contributed by atoms with Gasteiger partial charge in [0, 0.05) is 12.5 Å². The molecule has 2 rings (SSSR count). The summed E-state index contributed by atoms with van der Waals surface area (Å²) in [7, 11) is 0. The van der Waals surface area contributed by atoms with Crippen molar-refractivity contribution >= 4 is 11.9 Å². The number of nitriles is 1. The Kier molecular flexibility index (Phi) is 5.94. The second kappa shape index (κ2) is 8.15. The summed E-state index contributed by atoms with van der Waals surface area (Å²) in [5.41, 5.74) is 0.491. The Hall–Kier alpha value is -2.59. The Morgan fingerprint density at radius 2 is 2.17 bits per heavy atom. The van der Waals surface area contributed by atoms with Gasteiger partial charge in [0.05, 0.1) is 18.2 Å². The van der Waals surface area contributed by atoms with Gasteiger partial charge in [0.2, 0.25) is 0 Å². The highest BCUT2D eigenvalue weighted by Crippen LogP contribution is 2.18. The standard InChI is InChI=1S/C16H18N2O5/c17-8-11-3-5-13(6-4-11)23-10-14(19)18-15(16(20)21)12-2-1-7-22-9-12/h3-6,12,15H,1-2,7,9-10H2,(H,18,19)(H,20,21). The summed E-state index contributed by atoms with van der Waals surface area (Å²) in [5, 5.41) is 20.5. The normalized spacial score (nSPS) is 18.5. The molecule has 23 heavy (non-hydrogen) atoms. The number of carbonyl (C=O) groups excluding carboxylic acids is 1. The number of rotatable bonds is 6. The Morgan fingerprint density at radius 1 is 1.43 bits per heavy atom. The van der Waals surface area contributed by atoms with Crippen molar-refractivity contribution < 1.29 is 24.2 Å². The van der Waals surface area contributed by atoms with Crippen LogP contribution < -0.4 is 10.1 Å². The number of carbonyl (C=O) groups is 2. The maximum Gasteiger partial charge on any atom is 0.326 e. The third-order valence-corrected chi connectivity index (χ3v) is 3.60. The van der Waals surface area contributed by atoms with Crippen molar-refractivity contribution in [1.29, 1.82) is 5.26 Å². The van der Waals surface area contributed by atoms with Gasteiger partial charge >= 0.3 is 5.97 Å². The summed E-state index contributed by atoms with van der Waals surface area (Å²) in [6, 6.07) is 7.31. The zero-order valence-electron chi connectivity index (χ0n) is 12.5. The van der Waals surface area contributed by atoms with E-state index in [1.54, 1.807) is 24.3 Å². The third kappa shape index (κ3) is 4.97. The van der Waals surface area contributed by atoms with E-state index < -0.39 is 17.9 Å². The van der Waals surface area contributed by atoms with Crippen LogP contribution in [-0.2, 0) is 14.3 Å². The van der Waals surface area contributed by atoms with Gasteiger partial charge in [-0.3, -0.25) is 4.79 Å². The number of hydrogen-bond donors (Lipinski definition) is 2. The minimum absolute atomic E-state index is 0.236. The lowest BCUT2D eigenvalue weighted by Crippen LogP contribution is -2.49. The Morgan fingerprint density at radius 3 is 2.74 bits per heavy atom. The molecule has 2 unspecified atom stereocenters. The zero-order valence-corrected chi connectivity index (χ0v) is 12.5. The number of benzene rings is 1. The fourth-order valence-electron chi connectivity index (χ4n) is 2.40. The first-order valence-corrected chi connectivity index (χ1v) is 7.33. The van der Waals surface area contributed by atoms with Gasteiger partial charge in [-0.2, -0.15) is 5.26 Å². The molecule has 7 nitrogen and oxygen atoms in total. The molecule has 1 aromatic carbocycles. The molecule has 0 bridgehead atoms. The molecule has 1 heterocycles. The van der Waals surface area contributed by atoms with Gasteiger partial charge in [0.1, 0.15) is 11.8 Å². The van der Waals surface area contributed by atoms with Crippen molar-refractivity contribution in [2.24, 2.45) is 5.92 Å². The Balaban J connectivity index is 1.86. The molecule has 0 saturated carbocycles. The first kappa shape index (κ1) is 16.8. The molecule has 0 aliphatic carbocycles. The van der Waals surface area contributed by atoms with Gasteiger partial charge in [-0.15, -0.1) is 0 Å². The largest absolute Gasteiger partial charge is 0.484 e. The van der Waals surface area contributed by atoms with Gasteiger partial charge in [-0.1, -0.05) is 0 Å². The molecule has 1 aromatic rings. The number of amides is 1. The third-order valence-electron chi connectivity index (χ3n) is 3.60. The predicted octanol–water partition coefficient (Wildman–Crippen LogP) is 0.933. The average Bonchev–Trinajstić information content (AvgIpc) is 2.58. The molecule has 1 saturated heterocycles. The van der Waals surface area contributed by atoms with Crippen LogP contribution in [-0.4, -0.2) is 42.8 Å². The second-order valence-corrected chi connectivity index (χ2v) is 5.29. The highest BCUT2D eigenvalue weighted by molar-refractivity contribution is 5.84. The van der Waals surface area contributed by atoms with Gasteiger partial charge in [-0.05, 0) is 37.1 Å². The summed E-state index contributed by atoms with van der Waals surface area (Å²) in [6.07, 6.45) is 1.49. The van der Waals surface area contributed by atoms with E-state index in [0.29, 0.717) is 30.9 Å². The van der Waals surface area contributed by atoms with Gasteiger partial charge in [0.25, 0.3) is 5.91 Å². The minimum atomic E-state index is -1.08. The number of ether oxygens (including phenoxy) is 2. The Bertz CT molecular complexity index is 587. The number of nitrogens with one attached hydrogen (secondary N) is 1. The first-order chi connectivity index (χ1) is 11.1. The van der Waals surface area contributed by atoms with E-state index in [4.69, 9.17) is 14.7 Å². The number of hydrogen-bond acceptors (Lipinski definition) is 5. The molecule has 0 spiro atoms. The van der Waals surface area contributed by atoms with E-state index in [1.165, 1.54) is 0 Å². The fourth-order valence-corrected chi connectivity index (χ4v) is 2.40. The summed E-state index contributed by atoms with van der Waals surface area (Å²) >= 11 is 0. The molecule has 2 atom stereocenters. The van der Waals surface area contributed by atoms with Crippen LogP contribution in [0.3, 0.4) is 0 Å². The summed E-state index contributed by atoms with van der Waals surface area (Å²) < 4.78 is 10.6. The lowest BCUT2D eigenvalue weighted by atomic mass is 9.93. The molecule has 1 fully saturated rings. The number of nitrogens with zero attached hydrogens (tertiary/aromatic N) is 1. The summed E-state index contributed by atoms with van der Waals surface area (Å²) in [4.78, 5) is 23.2. The maximum atomic E-state index is 11.9. The number of carboxylic acids is 1. The van der Waals surface area contributed by atoms with Crippen molar-refractivity contribution in [3.05, 3.63) is 29.8 Å². The van der Waals surface area contributed by atoms with Crippen LogP contribution in [0.4, 0.5) is 0 Å². The highest BCUT2D eigenvalue weighted by Gasteiger charge is 2.31. The van der Waals surface area contributed by atoms with Gasteiger partial charge < -0.3 is 19.9 Å². The van der Waals surface area contributed by atoms with Gasteiger partial charge in [0.15, 0.2) is 6.61 Å². The van der Waals surface area contributed by atoms with E-state index >= 15 is 0 Å². The van der Waals surface area contributed by atoms with E-state index in [9.17, 15) is 14.7 Å². The Labute approximate surface area is 133 Å². The molecule has 1 amide bonds. The smallest absolute Gasteiger partial charge is 0.326 e. The van der Waals surface area contributed by atoms with Crippen molar-refractivity contribution in [3.63, 3.8) is 0 Å². The van der Waals surface area contributed by atoms with Crippen molar-refractivity contribution in [2.75, 3.05) is 19.8 Å². The van der Waals surface area contributed by atoms with Crippen LogP contribution in [0, 0.1) is 17.2 Å². The molecule has 7 heteroatoms. The van der Waals surface area contributed by atoms with E-state index in [0.717, 1.165) is 6.42 Å². The van der Waals surface area contributed by atoms with Crippen LogP contribution >= 0.6 is 0 Å². The molecule has 0 radical (unpaired) electrons. The quantitative estimate of drug-likeness (QED) is 0.808. The highest BCUT2D eigenvalue weighted by atomic mass is 16.5. The molecule has 122 valence electrons. The minimum Gasteiger partial charge on any atom is -0.484 e. The second-order valence-electron chi connectivity index (χ2n) is 5.29. The topological polar surface area (TPSA) is 109 Å². The van der Waals surface area contributed by atoms with E-state index in [1.807, 2.05) is 6.07 Å². The zero-order chi connectivity index (χ0) is 16.7. The first-order valence-electron chi connectivity index (χ1n) is 7.33. The molecular weight excluding hydrogens is 300 g/mol. The van der Waals surface area contributed by atoms with E-state index in [-0.39, 0.29) is 12.5 Å². The molecule has 1 aliphatic heterocycles. The van der Waals surface area contributed by atoms with E-state index in [2.05, 4.69) is 5.32 Å². The molecule has 2 N–H and O–H groups in total. The van der Waals surface area contributed by atoms with Crippen LogP contribution in [0.25, 0.3) is 0 Å². The van der Waals surface area contributed by atoms with Crippen LogP contribution in [0.5, 0.6) is 5.75 Å². The SMILES string of the molecule is N#Cc1ccc(OCC(=O)NC(C(=O)O)C2CCCOC2)cc1. The van der Waals surface area contributed by atoms with Crippen LogP contribution in [0.1, 0.15) is 18.4 Å². The molecule has 1 aliphatic rings. The van der Waals surface area contributed by atoms with Crippen molar-refractivity contribution in [2.45, 2.75) is 18.9 Å². The maximum absolute atomic E-state index is 11.9. The molecular formula is C16H18N2O5. The lowest BCUT2D eigenvalue weighted by molar-refractivity contribution is -0.145. The predicted molar refractivity (Wildman–Crippen MR) is 79.8 cm³/mol. The average molecular weight is 318 g/mol. The van der Waals surface area contributed by atoms with Crippen LogP contribution in [0.2, 0.25) is 0 Å².